The van der Waals surface area contributed by atoms with Crippen molar-refractivity contribution in [1.29, 1.82) is 0 Å². The van der Waals surface area contributed by atoms with Crippen LogP contribution in [0.3, 0.4) is 0 Å². The van der Waals surface area contributed by atoms with Gasteiger partial charge >= 0.3 is 0 Å². The highest BCUT2D eigenvalue weighted by molar-refractivity contribution is 5.98. The zero-order chi connectivity index (χ0) is 25.5. The van der Waals surface area contributed by atoms with Gasteiger partial charge in [0.15, 0.2) is 6.61 Å². The van der Waals surface area contributed by atoms with Crippen LogP contribution < -0.4 is 15.4 Å². The molecule has 2 aliphatic rings. The number of anilines is 1. The Hall–Kier alpha value is -4.61. The van der Waals surface area contributed by atoms with Crippen molar-refractivity contribution in [2.24, 2.45) is 17.6 Å². The average molecular weight is 503 g/mol. The standard InChI is InChI=1S/C25H23FN8O3/c26-18-2-1-3-20(34-29-8-9-30-34)23(18)25(36)33-12-15-10-32(11-16(15)13-33)24-17-4-5-22(37-14-21(27)35)31-19(17)6-7-28-24/h1-9,15-16H,10-14H2,(H2,27,35). The quantitative estimate of drug-likeness (QED) is 0.419. The molecule has 37 heavy (non-hydrogen) atoms. The minimum Gasteiger partial charge on any atom is -0.468 e. The normalized spacial score (nSPS) is 18.8. The van der Waals surface area contributed by atoms with Crippen LogP contribution in [0, 0.1) is 17.7 Å². The van der Waals surface area contributed by atoms with Crippen LogP contribution in [0.1, 0.15) is 10.4 Å². The number of benzene rings is 1. The van der Waals surface area contributed by atoms with Crippen molar-refractivity contribution in [3.63, 3.8) is 0 Å². The monoisotopic (exact) mass is 502 g/mol. The fourth-order valence-electron chi connectivity index (χ4n) is 5.22. The molecule has 188 valence electrons. The Morgan fingerprint density at radius 2 is 1.76 bits per heavy atom. The summed E-state index contributed by atoms with van der Waals surface area (Å²) < 4.78 is 20.1. The number of ether oxygens (including phenoxy) is 1. The van der Waals surface area contributed by atoms with Crippen LogP contribution in [0.4, 0.5) is 10.2 Å². The number of aromatic nitrogens is 5. The van der Waals surface area contributed by atoms with Crippen LogP contribution in [0.2, 0.25) is 0 Å². The van der Waals surface area contributed by atoms with Gasteiger partial charge in [0.2, 0.25) is 5.88 Å². The van der Waals surface area contributed by atoms with Gasteiger partial charge < -0.3 is 20.3 Å². The second kappa shape index (κ2) is 9.12. The summed E-state index contributed by atoms with van der Waals surface area (Å²) in [6, 6.07) is 9.80. The molecule has 2 unspecified atom stereocenters. The van der Waals surface area contributed by atoms with Crippen LogP contribution in [0.25, 0.3) is 16.6 Å². The van der Waals surface area contributed by atoms with E-state index >= 15 is 0 Å². The van der Waals surface area contributed by atoms with Gasteiger partial charge in [-0.2, -0.15) is 15.0 Å². The first-order valence-corrected chi connectivity index (χ1v) is 11.8. The van der Waals surface area contributed by atoms with E-state index in [1.54, 1.807) is 35.4 Å². The fraction of sp³-hybridized carbons (Fsp3) is 0.280. The number of rotatable bonds is 6. The Bertz CT molecular complexity index is 1480. The van der Waals surface area contributed by atoms with Gasteiger partial charge in [-0.25, -0.2) is 14.4 Å². The molecule has 2 N–H and O–H groups in total. The third-order valence-electron chi connectivity index (χ3n) is 6.84. The van der Waals surface area contributed by atoms with E-state index in [0.717, 1.165) is 11.2 Å². The van der Waals surface area contributed by atoms with Crippen LogP contribution in [0.15, 0.2) is 55.0 Å². The van der Waals surface area contributed by atoms with Crippen molar-refractivity contribution >= 4 is 28.5 Å². The average Bonchev–Trinajstić information content (AvgIpc) is 3.63. The van der Waals surface area contributed by atoms with Crippen molar-refractivity contribution in [2.45, 2.75) is 0 Å². The zero-order valence-electron chi connectivity index (χ0n) is 19.7. The molecule has 5 heterocycles. The number of likely N-dealkylation sites (tertiary alicyclic amines) is 1. The molecule has 2 amide bonds. The molecule has 2 aliphatic heterocycles. The van der Waals surface area contributed by atoms with E-state index in [2.05, 4.69) is 25.1 Å². The Labute approximate surface area is 210 Å². The SMILES string of the molecule is NC(=O)COc1ccc2c(N3CC4CN(C(=O)c5c(F)cccc5-n5nccn5)CC4C3)nccc2n1. The second-order valence-electron chi connectivity index (χ2n) is 9.19. The lowest BCUT2D eigenvalue weighted by molar-refractivity contribution is -0.120. The van der Waals surface area contributed by atoms with E-state index in [1.165, 1.54) is 23.3 Å². The zero-order valence-corrected chi connectivity index (χ0v) is 19.7. The maximum absolute atomic E-state index is 14.8. The second-order valence-corrected chi connectivity index (χ2v) is 9.19. The minimum absolute atomic E-state index is 0.0216. The third kappa shape index (κ3) is 4.20. The Morgan fingerprint density at radius 1 is 1.00 bits per heavy atom. The molecule has 11 nitrogen and oxygen atoms in total. The summed E-state index contributed by atoms with van der Waals surface area (Å²) in [6.45, 7) is 2.23. The summed E-state index contributed by atoms with van der Waals surface area (Å²) >= 11 is 0. The molecule has 0 saturated carbocycles. The Balaban J connectivity index is 1.19. The summed E-state index contributed by atoms with van der Waals surface area (Å²) in [6.07, 6.45) is 4.66. The molecule has 0 spiro atoms. The van der Waals surface area contributed by atoms with Gasteiger partial charge in [-0.3, -0.25) is 9.59 Å². The van der Waals surface area contributed by atoms with Crippen LogP contribution in [-0.4, -0.2) is 74.5 Å². The number of carbonyl (C=O) groups is 2. The van der Waals surface area contributed by atoms with E-state index in [-0.39, 0.29) is 29.9 Å². The lowest BCUT2D eigenvalue weighted by Gasteiger charge is -2.24. The van der Waals surface area contributed by atoms with E-state index in [4.69, 9.17) is 10.5 Å². The van der Waals surface area contributed by atoms with Gasteiger partial charge in [0.1, 0.15) is 22.9 Å². The molecule has 3 aromatic heterocycles. The summed E-state index contributed by atoms with van der Waals surface area (Å²) in [4.78, 5) is 38.7. The first kappa shape index (κ1) is 22.8. The number of carbonyl (C=O) groups excluding carboxylic acids is 2. The van der Waals surface area contributed by atoms with Gasteiger partial charge in [0, 0.05) is 55.7 Å². The molecule has 0 radical (unpaired) electrons. The maximum Gasteiger partial charge on any atom is 0.259 e. The van der Waals surface area contributed by atoms with Crippen LogP contribution in [0.5, 0.6) is 5.88 Å². The summed E-state index contributed by atoms with van der Waals surface area (Å²) in [5.74, 6) is 0.0501. The Morgan fingerprint density at radius 3 is 2.49 bits per heavy atom. The molecule has 1 aromatic carbocycles. The van der Waals surface area contributed by atoms with E-state index < -0.39 is 11.7 Å². The maximum atomic E-state index is 14.8. The minimum atomic E-state index is -0.592. The first-order chi connectivity index (χ1) is 18.0. The van der Waals surface area contributed by atoms with Crippen molar-refractivity contribution in [3.8, 4) is 11.6 Å². The predicted molar refractivity (Wildman–Crippen MR) is 131 cm³/mol. The number of halogens is 1. The van der Waals surface area contributed by atoms with Crippen molar-refractivity contribution in [1.82, 2.24) is 29.9 Å². The number of primary amides is 1. The van der Waals surface area contributed by atoms with Gasteiger partial charge in [-0.15, -0.1) is 0 Å². The van der Waals surface area contributed by atoms with Gasteiger partial charge in [-0.1, -0.05) is 6.07 Å². The Kier molecular flexibility index (Phi) is 5.63. The van der Waals surface area contributed by atoms with Gasteiger partial charge in [0.05, 0.1) is 17.9 Å². The molecule has 6 rings (SSSR count). The molecule has 12 heteroatoms. The fourth-order valence-corrected chi connectivity index (χ4v) is 5.22. The van der Waals surface area contributed by atoms with E-state index in [1.807, 2.05) is 6.07 Å². The largest absolute Gasteiger partial charge is 0.468 e. The summed E-state index contributed by atoms with van der Waals surface area (Å²) in [7, 11) is 0. The highest BCUT2D eigenvalue weighted by Crippen LogP contribution is 2.37. The van der Waals surface area contributed by atoms with Crippen LogP contribution >= 0.6 is 0 Å². The number of hydrogen-bond acceptors (Lipinski definition) is 8. The smallest absolute Gasteiger partial charge is 0.259 e. The highest BCUT2D eigenvalue weighted by Gasteiger charge is 2.43. The number of pyridine rings is 2. The predicted octanol–water partition coefficient (Wildman–Crippen LogP) is 1.42. The molecule has 0 aliphatic carbocycles. The van der Waals surface area contributed by atoms with Gasteiger partial charge in [0.25, 0.3) is 11.8 Å². The number of nitrogens with zero attached hydrogens (tertiary/aromatic N) is 7. The summed E-state index contributed by atoms with van der Waals surface area (Å²) in [5.41, 5.74) is 6.14. The number of nitrogens with two attached hydrogens (primary N) is 1. The number of fused-ring (bicyclic) bond motifs is 2. The molecule has 2 fully saturated rings. The first-order valence-electron chi connectivity index (χ1n) is 11.8. The van der Waals surface area contributed by atoms with Crippen molar-refractivity contribution in [3.05, 3.63) is 66.4 Å². The van der Waals surface area contributed by atoms with Crippen molar-refractivity contribution < 1.29 is 18.7 Å². The topological polar surface area (TPSA) is 132 Å². The molecule has 2 atom stereocenters. The molecule has 4 aromatic rings. The van der Waals surface area contributed by atoms with E-state index in [0.29, 0.717) is 43.3 Å². The van der Waals surface area contributed by atoms with Gasteiger partial charge in [-0.05, 0) is 24.3 Å². The molecular weight excluding hydrogens is 479 g/mol. The lowest BCUT2D eigenvalue weighted by atomic mass is 10.0. The van der Waals surface area contributed by atoms with Crippen molar-refractivity contribution in [2.75, 3.05) is 37.7 Å². The third-order valence-corrected chi connectivity index (χ3v) is 6.84. The molecule has 0 bridgehead atoms. The molecular formula is C25H23FN8O3. The van der Waals surface area contributed by atoms with E-state index in [9.17, 15) is 14.0 Å². The number of hydrogen-bond donors (Lipinski definition) is 1. The highest BCUT2D eigenvalue weighted by atomic mass is 19.1. The summed E-state index contributed by atoms with van der Waals surface area (Å²) in [5, 5.41) is 9.00. The number of amides is 2. The van der Waals surface area contributed by atoms with Crippen LogP contribution in [-0.2, 0) is 4.79 Å². The lowest BCUT2D eigenvalue weighted by Crippen LogP contribution is -2.34. The molecule has 2 saturated heterocycles.